The van der Waals surface area contributed by atoms with Gasteiger partial charge in [0.2, 0.25) is 5.91 Å². The minimum atomic E-state index is -0.382. The highest BCUT2D eigenvalue weighted by Crippen LogP contribution is 2.18. The SMILES string of the molecule is CC1(C(=O)NCCCNc2ccccn2)CCCCN1.Cl.Cl. The Balaban J connectivity index is 0.00000220. The Bertz CT molecular complexity index is 425. The molecule has 1 amide bonds. The largest absolute Gasteiger partial charge is 0.370 e. The molecule has 126 valence electrons. The molecule has 0 saturated carbocycles. The van der Waals surface area contributed by atoms with Gasteiger partial charge in [0.05, 0.1) is 5.54 Å². The van der Waals surface area contributed by atoms with E-state index in [1.165, 1.54) is 0 Å². The number of amides is 1. The van der Waals surface area contributed by atoms with Crippen LogP contribution in [0.2, 0.25) is 0 Å². The Labute approximate surface area is 144 Å². The third-order valence-corrected chi connectivity index (χ3v) is 3.73. The van der Waals surface area contributed by atoms with Crippen LogP contribution in [0.25, 0.3) is 0 Å². The zero-order valence-corrected chi connectivity index (χ0v) is 14.6. The van der Waals surface area contributed by atoms with Crippen LogP contribution in [0.4, 0.5) is 5.82 Å². The van der Waals surface area contributed by atoms with Crippen LogP contribution in [0.1, 0.15) is 32.6 Å². The quantitative estimate of drug-likeness (QED) is 0.690. The zero-order valence-electron chi connectivity index (χ0n) is 12.9. The molecule has 1 atom stereocenters. The second kappa shape index (κ2) is 10.6. The molecule has 7 heteroatoms. The summed E-state index contributed by atoms with van der Waals surface area (Å²) in [5, 5.41) is 9.57. The van der Waals surface area contributed by atoms with Crippen molar-refractivity contribution in [3.63, 3.8) is 0 Å². The van der Waals surface area contributed by atoms with E-state index < -0.39 is 0 Å². The van der Waals surface area contributed by atoms with Gasteiger partial charge in [-0.15, -0.1) is 24.8 Å². The molecule has 1 unspecified atom stereocenters. The van der Waals surface area contributed by atoms with Gasteiger partial charge < -0.3 is 16.0 Å². The molecule has 0 aliphatic carbocycles. The van der Waals surface area contributed by atoms with Crippen molar-refractivity contribution in [2.24, 2.45) is 0 Å². The van der Waals surface area contributed by atoms with Crippen LogP contribution >= 0.6 is 24.8 Å². The van der Waals surface area contributed by atoms with Crippen LogP contribution < -0.4 is 16.0 Å². The molecule has 0 spiro atoms. The van der Waals surface area contributed by atoms with Crippen LogP contribution in [0, 0.1) is 0 Å². The summed E-state index contributed by atoms with van der Waals surface area (Å²) in [5.41, 5.74) is -0.382. The molecule has 1 saturated heterocycles. The summed E-state index contributed by atoms with van der Waals surface area (Å²) in [6.07, 6.45) is 5.86. The minimum absolute atomic E-state index is 0. The van der Waals surface area contributed by atoms with Gasteiger partial charge in [-0.05, 0) is 51.3 Å². The van der Waals surface area contributed by atoms with Crippen molar-refractivity contribution < 1.29 is 4.79 Å². The van der Waals surface area contributed by atoms with E-state index in [0.717, 1.165) is 44.6 Å². The Morgan fingerprint density at radius 3 is 2.77 bits per heavy atom. The number of aromatic nitrogens is 1. The van der Waals surface area contributed by atoms with Crippen LogP contribution in [0.3, 0.4) is 0 Å². The van der Waals surface area contributed by atoms with Crippen molar-refractivity contribution in [2.45, 2.75) is 38.1 Å². The molecule has 1 aliphatic rings. The van der Waals surface area contributed by atoms with E-state index >= 15 is 0 Å². The van der Waals surface area contributed by atoms with Gasteiger partial charge in [-0.1, -0.05) is 6.07 Å². The summed E-state index contributed by atoms with van der Waals surface area (Å²) in [6.45, 7) is 4.43. The molecule has 2 rings (SSSR count). The van der Waals surface area contributed by atoms with Crippen LogP contribution in [0.5, 0.6) is 0 Å². The first-order valence-electron chi connectivity index (χ1n) is 7.39. The van der Waals surface area contributed by atoms with Crippen molar-refractivity contribution >= 4 is 36.5 Å². The van der Waals surface area contributed by atoms with Gasteiger partial charge in [0.15, 0.2) is 0 Å². The lowest BCUT2D eigenvalue weighted by atomic mass is 9.90. The summed E-state index contributed by atoms with van der Waals surface area (Å²) in [4.78, 5) is 16.3. The van der Waals surface area contributed by atoms with Crippen molar-refractivity contribution in [2.75, 3.05) is 25.0 Å². The highest BCUT2D eigenvalue weighted by molar-refractivity contribution is 5.86. The second-order valence-electron chi connectivity index (χ2n) is 5.47. The van der Waals surface area contributed by atoms with Crippen LogP contribution in [-0.2, 0) is 4.79 Å². The van der Waals surface area contributed by atoms with Gasteiger partial charge in [0, 0.05) is 19.3 Å². The molecular weight excluding hydrogens is 323 g/mol. The lowest BCUT2D eigenvalue weighted by Gasteiger charge is -2.33. The van der Waals surface area contributed by atoms with Crippen LogP contribution in [0.15, 0.2) is 24.4 Å². The summed E-state index contributed by atoms with van der Waals surface area (Å²) >= 11 is 0. The van der Waals surface area contributed by atoms with Crippen molar-refractivity contribution in [3.05, 3.63) is 24.4 Å². The first-order valence-corrected chi connectivity index (χ1v) is 7.39. The fourth-order valence-corrected chi connectivity index (χ4v) is 2.42. The number of rotatable bonds is 6. The van der Waals surface area contributed by atoms with Crippen molar-refractivity contribution in [1.82, 2.24) is 15.6 Å². The van der Waals surface area contributed by atoms with E-state index in [0.29, 0.717) is 6.54 Å². The summed E-state index contributed by atoms with van der Waals surface area (Å²) in [5.74, 6) is 0.995. The Kier molecular flexibility index (Phi) is 10.1. The standard InChI is InChI=1S/C15H24N4O.2ClH/c1-15(8-3-5-12-19-15)14(20)18-11-6-10-17-13-7-2-4-9-16-13;;/h2,4,7,9,19H,3,5-6,8,10-12H2,1H3,(H,16,17)(H,18,20);2*1H. The number of carbonyl (C=O) groups is 1. The number of carbonyl (C=O) groups excluding carboxylic acids is 1. The number of hydrogen-bond donors (Lipinski definition) is 3. The normalized spacial score (nSPS) is 20.2. The van der Waals surface area contributed by atoms with Crippen molar-refractivity contribution in [3.8, 4) is 0 Å². The molecule has 5 nitrogen and oxygen atoms in total. The summed E-state index contributed by atoms with van der Waals surface area (Å²) in [7, 11) is 0. The number of nitrogens with zero attached hydrogens (tertiary/aromatic N) is 1. The van der Waals surface area contributed by atoms with Gasteiger partial charge in [0.25, 0.3) is 0 Å². The molecule has 1 aromatic rings. The highest BCUT2D eigenvalue weighted by atomic mass is 35.5. The minimum Gasteiger partial charge on any atom is -0.370 e. The number of anilines is 1. The highest BCUT2D eigenvalue weighted by Gasteiger charge is 2.33. The Hall–Kier alpha value is -1.04. The molecular formula is C15H26Cl2N4O. The van der Waals surface area contributed by atoms with Gasteiger partial charge >= 0.3 is 0 Å². The van der Waals surface area contributed by atoms with Crippen molar-refractivity contribution in [1.29, 1.82) is 0 Å². The summed E-state index contributed by atoms with van der Waals surface area (Å²) in [6, 6.07) is 5.78. The molecule has 0 radical (unpaired) electrons. The lowest BCUT2D eigenvalue weighted by molar-refractivity contribution is -0.127. The summed E-state index contributed by atoms with van der Waals surface area (Å²) < 4.78 is 0. The van der Waals surface area contributed by atoms with E-state index in [4.69, 9.17) is 0 Å². The molecule has 3 N–H and O–H groups in total. The maximum atomic E-state index is 12.1. The van der Waals surface area contributed by atoms with Gasteiger partial charge in [-0.2, -0.15) is 0 Å². The van der Waals surface area contributed by atoms with Crippen LogP contribution in [-0.4, -0.2) is 36.1 Å². The first kappa shape index (κ1) is 21.0. The molecule has 1 fully saturated rings. The maximum absolute atomic E-state index is 12.1. The predicted octanol–water partition coefficient (Wildman–Crippen LogP) is 2.38. The van der Waals surface area contributed by atoms with E-state index in [1.807, 2.05) is 25.1 Å². The third-order valence-electron chi connectivity index (χ3n) is 3.73. The third kappa shape index (κ3) is 6.38. The van der Waals surface area contributed by atoms with E-state index in [2.05, 4.69) is 20.9 Å². The fraction of sp³-hybridized carbons (Fsp3) is 0.600. The monoisotopic (exact) mass is 348 g/mol. The molecule has 1 aromatic heterocycles. The smallest absolute Gasteiger partial charge is 0.240 e. The lowest BCUT2D eigenvalue weighted by Crippen LogP contribution is -2.57. The molecule has 0 bridgehead atoms. The first-order chi connectivity index (χ1) is 9.71. The second-order valence-corrected chi connectivity index (χ2v) is 5.47. The maximum Gasteiger partial charge on any atom is 0.240 e. The number of hydrogen-bond acceptors (Lipinski definition) is 4. The predicted molar refractivity (Wildman–Crippen MR) is 95.1 cm³/mol. The molecule has 22 heavy (non-hydrogen) atoms. The average Bonchev–Trinajstić information content (AvgIpc) is 2.48. The van der Waals surface area contributed by atoms with Gasteiger partial charge in [-0.25, -0.2) is 4.98 Å². The molecule has 2 heterocycles. The number of piperidine rings is 1. The van der Waals surface area contributed by atoms with Gasteiger partial charge in [-0.3, -0.25) is 4.79 Å². The Morgan fingerprint density at radius 1 is 1.32 bits per heavy atom. The molecule has 0 aromatic carbocycles. The Morgan fingerprint density at radius 2 is 2.14 bits per heavy atom. The van der Waals surface area contributed by atoms with E-state index in [-0.39, 0.29) is 36.3 Å². The van der Waals surface area contributed by atoms with E-state index in [9.17, 15) is 4.79 Å². The zero-order chi connectivity index (χ0) is 14.3. The van der Waals surface area contributed by atoms with E-state index in [1.54, 1.807) is 6.20 Å². The van der Waals surface area contributed by atoms with Gasteiger partial charge in [0.1, 0.15) is 5.82 Å². The molecule has 1 aliphatic heterocycles. The number of halogens is 2. The number of nitrogens with one attached hydrogen (secondary N) is 3. The number of pyridine rings is 1. The fourth-order valence-electron chi connectivity index (χ4n) is 2.42. The average molecular weight is 349 g/mol. The topological polar surface area (TPSA) is 66.0 Å².